The van der Waals surface area contributed by atoms with Crippen LogP contribution in [0, 0.1) is 0 Å². The van der Waals surface area contributed by atoms with E-state index in [1.165, 1.54) is 31.9 Å². The molecular weight excluding hydrogens is 254 g/mol. The number of unbranched alkanes of at least 4 members (excludes halogenated alkanes) is 5. The van der Waals surface area contributed by atoms with E-state index in [9.17, 15) is 4.79 Å². The van der Waals surface area contributed by atoms with Crippen LogP contribution in [0.15, 0.2) is 24.5 Å². The first kappa shape index (κ1) is 18.6. The number of rotatable bonds is 8. The van der Waals surface area contributed by atoms with Crippen molar-refractivity contribution < 1.29 is 14.6 Å². The molecule has 1 heterocycles. The van der Waals surface area contributed by atoms with Gasteiger partial charge < -0.3 is 9.84 Å². The normalized spacial score (nSPS) is 9.55. The van der Waals surface area contributed by atoms with Crippen LogP contribution >= 0.6 is 0 Å². The zero-order valence-corrected chi connectivity index (χ0v) is 12.7. The largest absolute Gasteiger partial charge is 0.462 e. The lowest BCUT2D eigenvalue weighted by molar-refractivity contribution is 0.0497. The topological polar surface area (TPSA) is 59.4 Å². The Balaban J connectivity index is 0.00000110. The zero-order chi connectivity index (χ0) is 15.1. The quantitative estimate of drug-likeness (QED) is 0.584. The van der Waals surface area contributed by atoms with Crippen LogP contribution in [0.4, 0.5) is 0 Å². The second kappa shape index (κ2) is 14.0. The van der Waals surface area contributed by atoms with Gasteiger partial charge in [-0.05, 0) is 25.5 Å². The van der Waals surface area contributed by atoms with E-state index in [0.717, 1.165) is 12.8 Å². The van der Waals surface area contributed by atoms with Crippen LogP contribution in [0.5, 0.6) is 0 Å². The molecule has 0 fully saturated rings. The first-order chi connectivity index (χ1) is 9.76. The van der Waals surface area contributed by atoms with Crippen molar-refractivity contribution in [3.63, 3.8) is 0 Å². The maximum atomic E-state index is 11.5. The maximum absolute atomic E-state index is 11.5. The van der Waals surface area contributed by atoms with Gasteiger partial charge >= 0.3 is 5.97 Å². The average Bonchev–Trinajstić information content (AvgIpc) is 2.48. The number of hydrogen-bond donors (Lipinski definition) is 1. The van der Waals surface area contributed by atoms with Gasteiger partial charge in [-0.3, -0.25) is 4.98 Å². The van der Waals surface area contributed by atoms with Gasteiger partial charge in [0.25, 0.3) is 0 Å². The molecule has 4 heteroatoms. The number of aromatic nitrogens is 1. The van der Waals surface area contributed by atoms with E-state index in [1.807, 2.05) is 0 Å². The van der Waals surface area contributed by atoms with Gasteiger partial charge in [0.05, 0.1) is 12.2 Å². The molecule has 114 valence electrons. The number of nitrogens with zero attached hydrogens (tertiary/aromatic N) is 1. The van der Waals surface area contributed by atoms with Crippen molar-refractivity contribution in [2.24, 2.45) is 0 Å². The standard InChI is InChI=1S/C14H21NO2.C2H6O/c1-2-3-4-5-6-7-11-17-14(16)13-9-8-10-15-12-13;1-2-3/h8-10,12H,2-7,11H2,1H3;3H,2H2,1H3. The fraction of sp³-hybridized carbons (Fsp3) is 0.625. The number of aliphatic hydroxyl groups excluding tert-OH is 1. The van der Waals surface area contributed by atoms with Crippen molar-refractivity contribution in [2.45, 2.75) is 52.4 Å². The predicted molar refractivity (Wildman–Crippen MR) is 80.7 cm³/mol. The van der Waals surface area contributed by atoms with Crippen molar-refractivity contribution in [1.29, 1.82) is 0 Å². The Morgan fingerprint density at radius 2 is 1.85 bits per heavy atom. The first-order valence-corrected chi connectivity index (χ1v) is 7.44. The highest BCUT2D eigenvalue weighted by Gasteiger charge is 2.05. The number of aliphatic hydroxyl groups is 1. The number of ether oxygens (including phenoxy) is 1. The molecule has 0 saturated carbocycles. The minimum atomic E-state index is -0.272. The highest BCUT2D eigenvalue weighted by atomic mass is 16.5. The highest BCUT2D eigenvalue weighted by Crippen LogP contribution is 2.06. The van der Waals surface area contributed by atoms with Gasteiger partial charge in [-0.25, -0.2) is 4.79 Å². The van der Waals surface area contributed by atoms with E-state index in [2.05, 4.69) is 11.9 Å². The molecule has 0 aliphatic carbocycles. The van der Waals surface area contributed by atoms with Crippen molar-refractivity contribution in [3.05, 3.63) is 30.1 Å². The summed E-state index contributed by atoms with van der Waals surface area (Å²) >= 11 is 0. The molecule has 0 bridgehead atoms. The Morgan fingerprint density at radius 3 is 2.45 bits per heavy atom. The van der Waals surface area contributed by atoms with Crippen molar-refractivity contribution in [2.75, 3.05) is 13.2 Å². The summed E-state index contributed by atoms with van der Waals surface area (Å²) in [5.41, 5.74) is 0.526. The lowest BCUT2D eigenvalue weighted by Gasteiger charge is -2.04. The number of hydrogen-bond acceptors (Lipinski definition) is 4. The summed E-state index contributed by atoms with van der Waals surface area (Å²) in [6.45, 7) is 4.65. The smallest absolute Gasteiger partial charge is 0.339 e. The Labute approximate surface area is 122 Å². The van der Waals surface area contributed by atoms with E-state index in [4.69, 9.17) is 9.84 Å². The van der Waals surface area contributed by atoms with Crippen molar-refractivity contribution in [3.8, 4) is 0 Å². The van der Waals surface area contributed by atoms with Crippen LogP contribution in [-0.2, 0) is 4.74 Å². The molecular formula is C16H27NO3. The van der Waals surface area contributed by atoms with Gasteiger partial charge in [-0.1, -0.05) is 39.0 Å². The average molecular weight is 281 g/mol. The summed E-state index contributed by atoms with van der Waals surface area (Å²) < 4.78 is 5.16. The molecule has 0 amide bonds. The molecule has 1 rings (SSSR count). The molecule has 0 aromatic carbocycles. The third kappa shape index (κ3) is 10.5. The zero-order valence-electron chi connectivity index (χ0n) is 12.7. The third-order valence-corrected chi connectivity index (χ3v) is 2.63. The molecule has 4 nitrogen and oxygen atoms in total. The van der Waals surface area contributed by atoms with Crippen LogP contribution in [0.1, 0.15) is 62.7 Å². The van der Waals surface area contributed by atoms with E-state index in [0.29, 0.717) is 12.2 Å². The number of carbonyl (C=O) groups is 1. The summed E-state index contributed by atoms with van der Waals surface area (Å²) in [5, 5.41) is 7.57. The summed E-state index contributed by atoms with van der Waals surface area (Å²) in [6, 6.07) is 3.46. The highest BCUT2D eigenvalue weighted by molar-refractivity contribution is 5.88. The van der Waals surface area contributed by atoms with Gasteiger partial charge in [0, 0.05) is 19.0 Å². The molecule has 0 atom stereocenters. The lowest BCUT2D eigenvalue weighted by Crippen LogP contribution is -2.06. The van der Waals surface area contributed by atoms with Gasteiger partial charge in [0.1, 0.15) is 0 Å². The van der Waals surface area contributed by atoms with E-state index >= 15 is 0 Å². The number of carbonyl (C=O) groups excluding carboxylic acids is 1. The van der Waals surface area contributed by atoms with Crippen LogP contribution in [0.3, 0.4) is 0 Å². The minimum absolute atomic E-state index is 0.250. The summed E-state index contributed by atoms with van der Waals surface area (Å²) in [6.07, 6.45) is 10.3. The molecule has 0 spiro atoms. The molecule has 0 unspecified atom stereocenters. The van der Waals surface area contributed by atoms with E-state index in [1.54, 1.807) is 25.3 Å². The molecule has 0 saturated heterocycles. The maximum Gasteiger partial charge on any atom is 0.339 e. The van der Waals surface area contributed by atoms with Crippen LogP contribution < -0.4 is 0 Å². The number of pyridine rings is 1. The minimum Gasteiger partial charge on any atom is -0.462 e. The molecule has 1 N–H and O–H groups in total. The number of esters is 1. The molecule has 1 aromatic rings. The lowest BCUT2D eigenvalue weighted by atomic mass is 10.1. The molecule has 0 radical (unpaired) electrons. The molecule has 1 aromatic heterocycles. The summed E-state index contributed by atoms with van der Waals surface area (Å²) in [5.74, 6) is -0.272. The van der Waals surface area contributed by atoms with Gasteiger partial charge in [0.15, 0.2) is 0 Å². The Morgan fingerprint density at radius 1 is 1.20 bits per heavy atom. The van der Waals surface area contributed by atoms with Crippen LogP contribution in [-0.4, -0.2) is 29.3 Å². The Kier molecular flexibility index (Phi) is 13.0. The van der Waals surface area contributed by atoms with Crippen molar-refractivity contribution >= 4 is 5.97 Å². The molecule has 0 aliphatic rings. The molecule has 20 heavy (non-hydrogen) atoms. The van der Waals surface area contributed by atoms with Gasteiger partial charge in [0.2, 0.25) is 0 Å². The van der Waals surface area contributed by atoms with E-state index in [-0.39, 0.29) is 12.6 Å². The van der Waals surface area contributed by atoms with Crippen LogP contribution in [0.25, 0.3) is 0 Å². The Hall–Kier alpha value is -1.42. The predicted octanol–water partition coefficient (Wildman–Crippen LogP) is 3.60. The summed E-state index contributed by atoms with van der Waals surface area (Å²) in [4.78, 5) is 15.4. The van der Waals surface area contributed by atoms with Gasteiger partial charge in [-0.2, -0.15) is 0 Å². The van der Waals surface area contributed by atoms with Crippen molar-refractivity contribution in [1.82, 2.24) is 4.98 Å². The first-order valence-electron chi connectivity index (χ1n) is 7.44. The monoisotopic (exact) mass is 281 g/mol. The summed E-state index contributed by atoms with van der Waals surface area (Å²) in [7, 11) is 0. The SMILES string of the molecule is CCCCCCCCOC(=O)c1cccnc1.CCO. The van der Waals surface area contributed by atoms with Gasteiger partial charge in [-0.15, -0.1) is 0 Å². The Bertz CT molecular complexity index is 328. The second-order valence-electron chi connectivity index (χ2n) is 4.46. The molecule has 0 aliphatic heterocycles. The van der Waals surface area contributed by atoms with E-state index < -0.39 is 0 Å². The third-order valence-electron chi connectivity index (χ3n) is 2.63. The fourth-order valence-corrected chi connectivity index (χ4v) is 1.61. The van der Waals surface area contributed by atoms with Crippen LogP contribution in [0.2, 0.25) is 0 Å². The second-order valence-corrected chi connectivity index (χ2v) is 4.46. The fourth-order valence-electron chi connectivity index (χ4n) is 1.61.